The Hall–Kier alpha value is -1.58. The molecule has 0 unspecified atom stereocenters. The quantitative estimate of drug-likeness (QED) is 0.897. The molecule has 0 aliphatic carbocycles. The summed E-state index contributed by atoms with van der Waals surface area (Å²) >= 11 is 0. The molecule has 2 N–H and O–H groups in total. The molecule has 3 heteroatoms. The summed E-state index contributed by atoms with van der Waals surface area (Å²) in [5.74, 6) is 1.44. The zero-order valence-electron chi connectivity index (χ0n) is 10.3. The summed E-state index contributed by atoms with van der Waals surface area (Å²) in [6, 6.07) is 14.7. The molecule has 1 fully saturated rings. The Morgan fingerprint density at radius 2 is 1.94 bits per heavy atom. The fraction of sp³-hybridized carbons (Fsp3) is 0.333. The molecule has 2 aromatic rings. The predicted octanol–water partition coefficient (Wildman–Crippen LogP) is 2.21. The maximum absolute atomic E-state index is 6.26. The van der Waals surface area contributed by atoms with E-state index in [0.29, 0.717) is 5.92 Å². The highest BCUT2D eigenvalue weighted by molar-refractivity contribution is 5.23. The number of hydrogen-bond acceptors (Lipinski definition) is 3. The van der Waals surface area contributed by atoms with Crippen molar-refractivity contribution in [3.8, 4) is 0 Å². The smallest absolute Gasteiger partial charge is 0.117 e. The molecule has 94 valence electrons. The van der Waals surface area contributed by atoms with Crippen LogP contribution in [0.2, 0.25) is 0 Å². The van der Waals surface area contributed by atoms with Crippen molar-refractivity contribution in [2.45, 2.75) is 18.5 Å². The molecule has 3 rings (SSSR count). The Kier molecular flexibility index (Phi) is 3.17. The van der Waals surface area contributed by atoms with Crippen LogP contribution in [0.25, 0.3) is 0 Å². The SMILES string of the molecule is N[C@@H]1CN(Cc2ccco2)C[C@H]1c1ccccc1. The summed E-state index contributed by atoms with van der Waals surface area (Å²) in [5.41, 5.74) is 7.60. The van der Waals surface area contributed by atoms with Gasteiger partial charge in [0.15, 0.2) is 0 Å². The average molecular weight is 242 g/mol. The molecule has 0 saturated carbocycles. The maximum Gasteiger partial charge on any atom is 0.117 e. The summed E-state index contributed by atoms with van der Waals surface area (Å²) in [6.07, 6.45) is 1.72. The standard InChI is InChI=1S/C15H18N2O/c16-15-11-17(9-13-7-4-8-18-13)10-14(15)12-5-2-1-3-6-12/h1-8,14-15H,9-11,16H2/t14-,15+/m0/s1. The van der Waals surface area contributed by atoms with Gasteiger partial charge in [-0.2, -0.15) is 0 Å². The largest absolute Gasteiger partial charge is 0.468 e. The summed E-state index contributed by atoms with van der Waals surface area (Å²) in [5, 5.41) is 0. The number of hydrogen-bond donors (Lipinski definition) is 1. The van der Waals surface area contributed by atoms with Crippen LogP contribution in [-0.4, -0.2) is 24.0 Å². The summed E-state index contributed by atoms with van der Waals surface area (Å²) in [6.45, 7) is 2.79. The van der Waals surface area contributed by atoms with Gasteiger partial charge in [0.2, 0.25) is 0 Å². The summed E-state index contributed by atoms with van der Waals surface area (Å²) in [4.78, 5) is 2.36. The van der Waals surface area contributed by atoms with Gasteiger partial charge in [0.25, 0.3) is 0 Å². The number of rotatable bonds is 3. The van der Waals surface area contributed by atoms with Crippen LogP contribution in [0.5, 0.6) is 0 Å². The molecule has 2 heterocycles. The minimum atomic E-state index is 0.211. The summed E-state index contributed by atoms with van der Waals surface area (Å²) < 4.78 is 5.39. The van der Waals surface area contributed by atoms with Gasteiger partial charge in [-0.3, -0.25) is 4.90 Å². The zero-order chi connectivity index (χ0) is 12.4. The minimum absolute atomic E-state index is 0.211. The molecular weight excluding hydrogens is 224 g/mol. The number of likely N-dealkylation sites (tertiary alicyclic amines) is 1. The first-order valence-corrected chi connectivity index (χ1v) is 6.38. The van der Waals surface area contributed by atoms with Gasteiger partial charge in [0.1, 0.15) is 5.76 Å². The second-order valence-electron chi connectivity index (χ2n) is 4.95. The van der Waals surface area contributed by atoms with Crippen molar-refractivity contribution in [1.82, 2.24) is 4.90 Å². The molecule has 2 atom stereocenters. The van der Waals surface area contributed by atoms with Gasteiger partial charge in [-0.1, -0.05) is 30.3 Å². The first-order valence-electron chi connectivity index (χ1n) is 6.38. The molecule has 18 heavy (non-hydrogen) atoms. The van der Waals surface area contributed by atoms with Gasteiger partial charge in [-0.25, -0.2) is 0 Å². The zero-order valence-corrected chi connectivity index (χ0v) is 10.3. The second kappa shape index (κ2) is 4.96. The van der Waals surface area contributed by atoms with Crippen LogP contribution in [0.4, 0.5) is 0 Å². The lowest BCUT2D eigenvalue weighted by Gasteiger charge is -2.14. The van der Waals surface area contributed by atoms with Crippen molar-refractivity contribution in [2.75, 3.05) is 13.1 Å². The minimum Gasteiger partial charge on any atom is -0.468 e. The third-order valence-corrected chi connectivity index (χ3v) is 3.63. The lowest BCUT2D eigenvalue weighted by molar-refractivity contribution is 0.292. The number of furan rings is 1. The van der Waals surface area contributed by atoms with Crippen LogP contribution in [0.15, 0.2) is 53.1 Å². The monoisotopic (exact) mass is 242 g/mol. The van der Waals surface area contributed by atoms with E-state index in [0.717, 1.165) is 25.4 Å². The van der Waals surface area contributed by atoms with E-state index in [1.165, 1.54) is 5.56 Å². The topological polar surface area (TPSA) is 42.4 Å². The van der Waals surface area contributed by atoms with E-state index in [1.54, 1.807) is 6.26 Å². The first kappa shape index (κ1) is 11.5. The molecule has 1 saturated heterocycles. The molecule has 0 spiro atoms. The molecule has 0 amide bonds. The number of benzene rings is 1. The second-order valence-corrected chi connectivity index (χ2v) is 4.95. The van der Waals surface area contributed by atoms with E-state index in [2.05, 4.69) is 29.2 Å². The number of nitrogens with zero attached hydrogens (tertiary/aromatic N) is 1. The van der Waals surface area contributed by atoms with Crippen LogP contribution in [0.1, 0.15) is 17.2 Å². The van der Waals surface area contributed by atoms with Crippen LogP contribution in [0.3, 0.4) is 0 Å². The van der Waals surface area contributed by atoms with E-state index >= 15 is 0 Å². The van der Waals surface area contributed by atoms with Crippen molar-refractivity contribution < 1.29 is 4.42 Å². The average Bonchev–Trinajstić information content (AvgIpc) is 3.01. The van der Waals surface area contributed by atoms with Gasteiger partial charge in [-0.15, -0.1) is 0 Å². The molecule has 1 aromatic heterocycles. The van der Waals surface area contributed by atoms with E-state index in [1.807, 2.05) is 18.2 Å². The van der Waals surface area contributed by atoms with Crippen LogP contribution in [-0.2, 0) is 6.54 Å². The van der Waals surface area contributed by atoms with Gasteiger partial charge in [0.05, 0.1) is 12.8 Å². The van der Waals surface area contributed by atoms with Crippen LogP contribution < -0.4 is 5.73 Å². The van der Waals surface area contributed by atoms with E-state index in [4.69, 9.17) is 10.2 Å². The fourth-order valence-electron chi connectivity index (χ4n) is 2.72. The van der Waals surface area contributed by atoms with Crippen molar-refractivity contribution in [3.05, 3.63) is 60.1 Å². The Balaban J connectivity index is 1.69. The van der Waals surface area contributed by atoms with Gasteiger partial charge < -0.3 is 10.2 Å². The summed E-state index contributed by atoms with van der Waals surface area (Å²) in [7, 11) is 0. The predicted molar refractivity (Wildman–Crippen MR) is 71.1 cm³/mol. The molecular formula is C15H18N2O. The molecule has 0 bridgehead atoms. The normalized spacial score (nSPS) is 24.5. The maximum atomic E-state index is 6.26. The fourth-order valence-corrected chi connectivity index (χ4v) is 2.72. The molecule has 0 radical (unpaired) electrons. The third kappa shape index (κ3) is 2.33. The lowest BCUT2D eigenvalue weighted by Crippen LogP contribution is -2.28. The van der Waals surface area contributed by atoms with E-state index in [-0.39, 0.29) is 6.04 Å². The highest BCUT2D eigenvalue weighted by Crippen LogP contribution is 2.27. The van der Waals surface area contributed by atoms with E-state index < -0.39 is 0 Å². The molecule has 3 nitrogen and oxygen atoms in total. The van der Waals surface area contributed by atoms with Crippen LogP contribution in [0, 0.1) is 0 Å². The first-order chi connectivity index (χ1) is 8.83. The molecule has 1 aliphatic heterocycles. The Labute approximate surface area is 107 Å². The molecule has 1 aliphatic rings. The molecule has 1 aromatic carbocycles. The van der Waals surface area contributed by atoms with Crippen molar-refractivity contribution in [3.63, 3.8) is 0 Å². The highest BCUT2D eigenvalue weighted by atomic mass is 16.3. The van der Waals surface area contributed by atoms with Gasteiger partial charge in [-0.05, 0) is 17.7 Å². The van der Waals surface area contributed by atoms with E-state index in [9.17, 15) is 0 Å². The Bertz CT molecular complexity index is 480. The van der Waals surface area contributed by atoms with Crippen molar-refractivity contribution in [2.24, 2.45) is 5.73 Å². The number of nitrogens with two attached hydrogens (primary N) is 1. The van der Waals surface area contributed by atoms with Crippen LogP contribution >= 0.6 is 0 Å². The van der Waals surface area contributed by atoms with Gasteiger partial charge in [0, 0.05) is 25.0 Å². The Morgan fingerprint density at radius 1 is 1.11 bits per heavy atom. The van der Waals surface area contributed by atoms with Gasteiger partial charge >= 0.3 is 0 Å². The third-order valence-electron chi connectivity index (χ3n) is 3.63. The van der Waals surface area contributed by atoms with Crippen molar-refractivity contribution >= 4 is 0 Å². The highest BCUT2D eigenvalue weighted by Gasteiger charge is 2.31. The van der Waals surface area contributed by atoms with Crippen molar-refractivity contribution in [1.29, 1.82) is 0 Å². The Morgan fingerprint density at radius 3 is 2.67 bits per heavy atom. The lowest BCUT2D eigenvalue weighted by atomic mass is 9.95.